The van der Waals surface area contributed by atoms with Crippen LogP contribution < -0.4 is 10.1 Å². The maximum atomic E-state index is 12.4. The van der Waals surface area contributed by atoms with Gasteiger partial charge < -0.3 is 10.1 Å². The lowest BCUT2D eigenvalue weighted by molar-refractivity contribution is -0.122. The van der Waals surface area contributed by atoms with E-state index in [1.54, 1.807) is 25.1 Å². The molecule has 1 N–H and O–H groups in total. The number of hydrogen-bond donors (Lipinski definition) is 1. The average Bonchev–Trinajstić information content (AvgIpc) is 2.50. The lowest BCUT2D eigenvalue weighted by Gasteiger charge is -2.19. The minimum Gasteiger partial charge on any atom is -0.481 e. The van der Waals surface area contributed by atoms with Crippen molar-refractivity contribution in [2.45, 2.75) is 39.7 Å². The van der Waals surface area contributed by atoms with Crippen LogP contribution in [0.25, 0.3) is 0 Å². The first-order valence-corrected chi connectivity index (χ1v) is 8.56. The molecule has 0 aromatic heterocycles. The van der Waals surface area contributed by atoms with Gasteiger partial charge in [-0.05, 0) is 55.2 Å². The minimum atomic E-state index is -0.640. The van der Waals surface area contributed by atoms with Gasteiger partial charge in [-0.2, -0.15) is 0 Å². The molecular formula is C19H21Cl2NO2. The molecule has 3 nitrogen and oxygen atoms in total. The molecule has 0 fully saturated rings. The fourth-order valence-electron chi connectivity index (χ4n) is 2.28. The summed E-state index contributed by atoms with van der Waals surface area (Å²) in [5.74, 6) is 0.803. The number of rotatable bonds is 5. The highest BCUT2D eigenvalue weighted by Crippen LogP contribution is 2.29. The summed E-state index contributed by atoms with van der Waals surface area (Å²) in [7, 11) is 0. The van der Waals surface area contributed by atoms with E-state index in [4.69, 9.17) is 27.9 Å². The second-order valence-electron chi connectivity index (χ2n) is 6.07. The van der Waals surface area contributed by atoms with Gasteiger partial charge in [-0.1, -0.05) is 49.2 Å². The standard InChI is InChI=1S/C19H21Cl2NO2/c1-11(2)15-7-5-12(3)9-18(15)24-13(4)19(23)22-14-6-8-16(20)17(21)10-14/h5-11,13H,1-4H3,(H,22,23). The molecular weight excluding hydrogens is 345 g/mol. The van der Waals surface area contributed by atoms with Crippen LogP contribution in [0.2, 0.25) is 10.0 Å². The first-order chi connectivity index (χ1) is 11.3. The monoisotopic (exact) mass is 365 g/mol. The van der Waals surface area contributed by atoms with Gasteiger partial charge >= 0.3 is 0 Å². The summed E-state index contributed by atoms with van der Waals surface area (Å²) in [6.45, 7) is 7.91. The molecule has 2 rings (SSSR count). The molecule has 1 unspecified atom stereocenters. The number of hydrogen-bond acceptors (Lipinski definition) is 2. The minimum absolute atomic E-state index is 0.246. The van der Waals surface area contributed by atoms with Crippen molar-refractivity contribution in [3.63, 3.8) is 0 Å². The van der Waals surface area contributed by atoms with Gasteiger partial charge in [-0.3, -0.25) is 4.79 Å². The Balaban J connectivity index is 2.11. The van der Waals surface area contributed by atoms with Crippen molar-refractivity contribution in [1.82, 2.24) is 0 Å². The number of anilines is 1. The van der Waals surface area contributed by atoms with Crippen molar-refractivity contribution in [1.29, 1.82) is 0 Å². The van der Waals surface area contributed by atoms with Crippen molar-refractivity contribution < 1.29 is 9.53 Å². The zero-order chi connectivity index (χ0) is 17.9. The highest BCUT2D eigenvalue weighted by Gasteiger charge is 2.18. The fraction of sp³-hybridized carbons (Fsp3) is 0.316. The van der Waals surface area contributed by atoms with Crippen molar-refractivity contribution >= 4 is 34.8 Å². The van der Waals surface area contributed by atoms with E-state index in [2.05, 4.69) is 19.2 Å². The van der Waals surface area contributed by atoms with Crippen LogP contribution in [0.3, 0.4) is 0 Å². The number of carbonyl (C=O) groups excluding carboxylic acids is 1. The van der Waals surface area contributed by atoms with E-state index in [0.29, 0.717) is 21.7 Å². The molecule has 0 saturated heterocycles. The first kappa shape index (κ1) is 18.6. The van der Waals surface area contributed by atoms with E-state index in [1.807, 2.05) is 25.1 Å². The highest BCUT2D eigenvalue weighted by atomic mass is 35.5. The molecule has 0 aliphatic heterocycles. The zero-order valence-electron chi connectivity index (χ0n) is 14.2. The molecule has 128 valence electrons. The third-order valence-corrected chi connectivity index (χ3v) is 4.39. The van der Waals surface area contributed by atoms with E-state index < -0.39 is 6.10 Å². The Hall–Kier alpha value is -1.71. The van der Waals surface area contributed by atoms with Crippen LogP contribution in [-0.2, 0) is 4.79 Å². The molecule has 0 saturated carbocycles. The van der Waals surface area contributed by atoms with Crippen LogP contribution in [0.5, 0.6) is 5.75 Å². The molecule has 5 heteroatoms. The number of amides is 1. The van der Waals surface area contributed by atoms with Crippen LogP contribution in [0.1, 0.15) is 37.8 Å². The van der Waals surface area contributed by atoms with Gasteiger partial charge in [-0.15, -0.1) is 0 Å². The Bertz CT molecular complexity index is 744. The Labute approximate surface area is 152 Å². The summed E-state index contributed by atoms with van der Waals surface area (Å²) >= 11 is 11.8. The quantitative estimate of drug-likeness (QED) is 0.723. The van der Waals surface area contributed by atoms with Crippen LogP contribution in [0.15, 0.2) is 36.4 Å². The van der Waals surface area contributed by atoms with E-state index in [1.165, 1.54) is 0 Å². The van der Waals surface area contributed by atoms with Gasteiger partial charge in [0.2, 0.25) is 0 Å². The van der Waals surface area contributed by atoms with Crippen LogP contribution in [-0.4, -0.2) is 12.0 Å². The Morgan fingerprint density at radius 1 is 1.04 bits per heavy atom. The van der Waals surface area contributed by atoms with E-state index >= 15 is 0 Å². The number of ether oxygens (including phenoxy) is 1. The molecule has 0 radical (unpaired) electrons. The maximum absolute atomic E-state index is 12.4. The zero-order valence-corrected chi connectivity index (χ0v) is 15.7. The van der Waals surface area contributed by atoms with Gasteiger partial charge in [0, 0.05) is 5.69 Å². The predicted octanol–water partition coefficient (Wildman–Crippen LogP) is 5.83. The highest BCUT2D eigenvalue weighted by molar-refractivity contribution is 6.42. The van der Waals surface area contributed by atoms with Crippen molar-refractivity contribution in [2.75, 3.05) is 5.32 Å². The largest absolute Gasteiger partial charge is 0.481 e. The maximum Gasteiger partial charge on any atom is 0.265 e. The summed E-state index contributed by atoms with van der Waals surface area (Å²) in [6.07, 6.45) is -0.640. The summed E-state index contributed by atoms with van der Waals surface area (Å²) < 4.78 is 5.90. The van der Waals surface area contributed by atoms with Gasteiger partial charge in [0.05, 0.1) is 10.0 Å². The number of nitrogens with one attached hydrogen (secondary N) is 1. The number of carbonyl (C=O) groups is 1. The van der Waals surface area contributed by atoms with Crippen molar-refractivity contribution in [3.05, 3.63) is 57.6 Å². The first-order valence-electron chi connectivity index (χ1n) is 7.81. The average molecular weight is 366 g/mol. The SMILES string of the molecule is Cc1ccc(C(C)C)c(OC(C)C(=O)Nc2ccc(Cl)c(Cl)c2)c1. The number of halogens is 2. The van der Waals surface area contributed by atoms with Crippen LogP contribution in [0.4, 0.5) is 5.69 Å². The fourth-order valence-corrected chi connectivity index (χ4v) is 2.58. The molecule has 2 aromatic rings. The molecule has 0 spiro atoms. The molecule has 0 heterocycles. The summed E-state index contributed by atoms with van der Waals surface area (Å²) in [4.78, 5) is 12.4. The van der Waals surface area contributed by atoms with E-state index in [9.17, 15) is 4.79 Å². The Morgan fingerprint density at radius 3 is 2.38 bits per heavy atom. The number of aryl methyl sites for hydroxylation is 1. The lowest BCUT2D eigenvalue weighted by atomic mass is 10.0. The summed E-state index contributed by atoms with van der Waals surface area (Å²) in [5, 5.41) is 3.62. The molecule has 0 bridgehead atoms. The molecule has 0 aliphatic rings. The van der Waals surface area contributed by atoms with Gasteiger partial charge in [-0.25, -0.2) is 0 Å². The normalized spacial score (nSPS) is 12.1. The van der Waals surface area contributed by atoms with Crippen LogP contribution in [0, 0.1) is 6.92 Å². The summed E-state index contributed by atoms with van der Waals surface area (Å²) in [6, 6.07) is 11.0. The second-order valence-corrected chi connectivity index (χ2v) is 6.89. The molecule has 1 atom stereocenters. The topological polar surface area (TPSA) is 38.3 Å². The smallest absolute Gasteiger partial charge is 0.265 e. The summed E-state index contributed by atoms with van der Waals surface area (Å²) in [5.41, 5.74) is 2.75. The van der Waals surface area contributed by atoms with Gasteiger partial charge in [0.15, 0.2) is 6.10 Å². The predicted molar refractivity (Wildman–Crippen MR) is 100 cm³/mol. The van der Waals surface area contributed by atoms with Crippen LogP contribution >= 0.6 is 23.2 Å². The Morgan fingerprint density at radius 2 is 1.75 bits per heavy atom. The van der Waals surface area contributed by atoms with Crippen molar-refractivity contribution in [2.24, 2.45) is 0 Å². The van der Waals surface area contributed by atoms with Gasteiger partial charge in [0.1, 0.15) is 5.75 Å². The third-order valence-electron chi connectivity index (χ3n) is 3.65. The molecule has 0 aliphatic carbocycles. The van der Waals surface area contributed by atoms with Crippen molar-refractivity contribution in [3.8, 4) is 5.75 Å². The molecule has 24 heavy (non-hydrogen) atoms. The van der Waals surface area contributed by atoms with E-state index in [0.717, 1.165) is 16.9 Å². The lowest BCUT2D eigenvalue weighted by Crippen LogP contribution is -2.30. The molecule has 2 aromatic carbocycles. The Kier molecular flexibility index (Phi) is 6.14. The van der Waals surface area contributed by atoms with E-state index in [-0.39, 0.29) is 5.91 Å². The van der Waals surface area contributed by atoms with Gasteiger partial charge in [0.25, 0.3) is 5.91 Å². The second kappa shape index (κ2) is 7.91. The third kappa shape index (κ3) is 4.65. The molecule has 1 amide bonds. The number of benzene rings is 2.